The molecule has 1 unspecified atom stereocenters. The molecular formula is C14H20ClFN2O3. The van der Waals surface area contributed by atoms with E-state index in [1.165, 1.54) is 0 Å². The summed E-state index contributed by atoms with van der Waals surface area (Å²) in [7, 11) is 0. The van der Waals surface area contributed by atoms with E-state index in [9.17, 15) is 9.18 Å². The highest BCUT2D eigenvalue weighted by atomic mass is 35.5. The van der Waals surface area contributed by atoms with Crippen molar-refractivity contribution in [3.63, 3.8) is 0 Å². The Labute approximate surface area is 129 Å². The minimum Gasteiger partial charge on any atom is -0.491 e. The van der Waals surface area contributed by atoms with Crippen LogP contribution in [0.25, 0.3) is 0 Å². The van der Waals surface area contributed by atoms with Crippen LogP contribution in [0.3, 0.4) is 0 Å². The van der Waals surface area contributed by atoms with Gasteiger partial charge in [-0.15, -0.1) is 12.4 Å². The van der Waals surface area contributed by atoms with E-state index in [1.807, 2.05) is 0 Å². The van der Waals surface area contributed by atoms with Crippen molar-refractivity contribution < 1.29 is 18.7 Å². The molecule has 118 valence electrons. The Balaban J connectivity index is 0.00000220. The van der Waals surface area contributed by atoms with Crippen LogP contribution in [0.2, 0.25) is 0 Å². The van der Waals surface area contributed by atoms with Crippen molar-refractivity contribution in [2.45, 2.75) is 12.5 Å². The fourth-order valence-corrected chi connectivity index (χ4v) is 2.01. The number of carbonyl (C=O) groups is 1. The molecule has 0 aliphatic carbocycles. The minimum atomic E-state index is -0.538. The number of carbonyl (C=O) groups excluding carboxylic acids is 1. The minimum absolute atomic E-state index is 0. The third-order valence-electron chi connectivity index (χ3n) is 2.89. The van der Waals surface area contributed by atoms with Gasteiger partial charge in [0, 0.05) is 30.8 Å². The first-order valence-corrected chi connectivity index (χ1v) is 6.68. The fraction of sp³-hybridized carbons (Fsp3) is 0.500. The van der Waals surface area contributed by atoms with Crippen LogP contribution in [0.5, 0.6) is 5.75 Å². The molecule has 0 bridgehead atoms. The Morgan fingerprint density at radius 3 is 3.10 bits per heavy atom. The molecule has 0 spiro atoms. The van der Waals surface area contributed by atoms with Gasteiger partial charge in [0.05, 0.1) is 13.2 Å². The summed E-state index contributed by atoms with van der Waals surface area (Å²) < 4.78 is 22.5. The second-order valence-electron chi connectivity index (χ2n) is 4.54. The Morgan fingerprint density at radius 1 is 1.52 bits per heavy atom. The van der Waals surface area contributed by atoms with Crippen molar-refractivity contribution in [3.8, 4) is 5.75 Å². The van der Waals surface area contributed by atoms with E-state index in [0.29, 0.717) is 31.1 Å². The van der Waals surface area contributed by atoms with Crippen LogP contribution in [-0.2, 0) is 9.53 Å². The SMILES string of the molecule is Cl.O=C(CC1COCCN1)Nc1cccc(OCCF)c1. The number of hydrogen-bond acceptors (Lipinski definition) is 4. The summed E-state index contributed by atoms with van der Waals surface area (Å²) in [6.07, 6.45) is 0.357. The summed E-state index contributed by atoms with van der Waals surface area (Å²) >= 11 is 0. The number of hydrogen-bond donors (Lipinski definition) is 2. The molecule has 0 radical (unpaired) electrons. The largest absolute Gasteiger partial charge is 0.491 e. The molecule has 5 nitrogen and oxygen atoms in total. The fourth-order valence-electron chi connectivity index (χ4n) is 2.01. The summed E-state index contributed by atoms with van der Waals surface area (Å²) in [4.78, 5) is 11.9. The van der Waals surface area contributed by atoms with Gasteiger partial charge < -0.3 is 20.1 Å². The highest BCUT2D eigenvalue weighted by Crippen LogP contribution is 2.17. The van der Waals surface area contributed by atoms with Crippen LogP contribution in [0.1, 0.15) is 6.42 Å². The molecule has 2 N–H and O–H groups in total. The first-order valence-electron chi connectivity index (χ1n) is 6.68. The zero-order chi connectivity index (χ0) is 14.2. The first-order chi connectivity index (χ1) is 9.78. The number of anilines is 1. The quantitative estimate of drug-likeness (QED) is 0.839. The Morgan fingerprint density at radius 2 is 2.38 bits per heavy atom. The van der Waals surface area contributed by atoms with Gasteiger partial charge in [-0.2, -0.15) is 0 Å². The molecule has 7 heteroatoms. The standard InChI is InChI=1S/C14H19FN2O3.ClH/c15-4-6-20-13-3-1-2-11(8-13)17-14(18)9-12-10-19-7-5-16-12;/h1-3,8,12,16H,4-7,9-10H2,(H,17,18);1H. The lowest BCUT2D eigenvalue weighted by Gasteiger charge is -2.23. The lowest BCUT2D eigenvalue weighted by molar-refractivity contribution is -0.117. The maximum atomic E-state index is 12.0. The molecule has 0 saturated carbocycles. The molecule has 1 aromatic rings. The van der Waals surface area contributed by atoms with Crippen molar-refractivity contribution in [1.29, 1.82) is 0 Å². The van der Waals surface area contributed by atoms with Crippen LogP contribution in [-0.4, -0.2) is 45.0 Å². The second kappa shape index (κ2) is 9.55. The molecule has 1 fully saturated rings. The molecule has 1 aromatic carbocycles. The van der Waals surface area contributed by atoms with Crippen LogP contribution < -0.4 is 15.4 Å². The molecule has 21 heavy (non-hydrogen) atoms. The first kappa shape index (κ1) is 17.7. The van der Waals surface area contributed by atoms with E-state index in [4.69, 9.17) is 9.47 Å². The van der Waals surface area contributed by atoms with Crippen LogP contribution >= 0.6 is 12.4 Å². The molecule has 1 aliphatic rings. The molecular weight excluding hydrogens is 299 g/mol. The van der Waals surface area contributed by atoms with Gasteiger partial charge in [-0.25, -0.2) is 4.39 Å². The van der Waals surface area contributed by atoms with Crippen LogP contribution in [0.15, 0.2) is 24.3 Å². The van der Waals surface area contributed by atoms with E-state index < -0.39 is 6.67 Å². The van der Waals surface area contributed by atoms with E-state index in [2.05, 4.69) is 10.6 Å². The smallest absolute Gasteiger partial charge is 0.226 e. The van der Waals surface area contributed by atoms with Crippen molar-refractivity contribution in [2.75, 3.05) is 38.4 Å². The molecule has 1 amide bonds. The summed E-state index contributed by atoms with van der Waals surface area (Å²) in [5.74, 6) is 0.454. The average Bonchev–Trinajstić information content (AvgIpc) is 2.46. The molecule has 1 aliphatic heterocycles. The number of alkyl halides is 1. The number of halogens is 2. The molecule has 2 rings (SSSR count). The normalized spacial score (nSPS) is 17.7. The topological polar surface area (TPSA) is 59.6 Å². The van der Waals surface area contributed by atoms with E-state index in [0.717, 1.165) is 6.54 Å². The van der Waals surface area contributed by atoms with Crippen molar-refractivity contribution in [2.24, 2.45) is 0 Å². The molecule has 1 heterocycles. The third kappa shape index (κ3) is 6.29. The van der Waals surface area contributed by atoms with Crippen molar-refractivity contribution in [3.05, 3.63) is 24.3 Å². The Bertz CT molecular complexity index is 442. The van der Waals surface area contributed by atoms with Gasteiger partial charge >= 0.3 is 0 Å². The van der Waals surface area contributed by atoms with Gasteiger partial charge in [-0.05, 0) is 12.1 Å². The number of nitrogens with one attached hydrogen (secondary N) is 2. The van der Waals surface area contributed by atoms with Crippen molar-refractivity contribution in [1.82, 2.24) is 5.32 Å². The van der Waals surface area contributed by atoms with Gasteiger partial charge in [0.2, 0.25) is 5.91 Å². The average molecular weight is 319 g/mol. The molecule has 1 atom stereocenters. The number of ether oxygens (including phenoxy) is 2. The molecule has 1 saturated heterocycles. The highest BCUT2D eigenvalue weighted by Gasteiger charge is 2.16. The number of morpholine rings is 1. The second-order valence-corrected chi connectivity index (χ2v) is 4.54. The monoisotopic (exact) mass is 318 g/mol. The summed E-state index contributed by atoms with van der Waals surface area (Å²) in [6.45, 7) is 1.48. The summed E-state index contributed by atoms with van der Waals surface area (Å²) in [5, 5.41) is 6.02. The zero-order valence-corrected chi connectivity index (χ0v) is 12.5. The number of benzene rings is 1. The zero-order valence-electron chi connectivity index (χ0n) is 11.6. The van der Waals surface area contributed by atoms with Gasteiger partial charge in [0.25, 0.3) is 0 Å². The Kier molecular flexibility index (Phi) is 8.04. The van der Waals surface area contributed by atoms with E-state index >= 15 is 0 Å². The number of rotatable bonds is 6. The summed E-state index contributed by atoms with van der Waals surface area (Å²) in [5.41, 5.74) is 0.642. The maximum absolute atomic E-state index is 12.0. The number of amides is 1. The van der Waals surface area contributed by atoms with Gasteiger partial charge in [-0.3, -0.25) is 4.79 Å². The predicted molar refractivity (Wildman–Crippen MR) is 81.0 cm³/mol. The van der Waals surface area contributed by atoms with Gasteiger partial charge in [0.15, 0.2) is 0 Å². The van der Waals surface area contributed by atoms with E-state index in [1.54, 1.807) is 24.3 Å². The lowest BCUT2D eigenvalue weighted by Crippen LogP contribution is -2.43. The Hall–Kier alpha value is -1.37. The maximum Gasteiger partial charge on any atom is 0.226 e. The van der Waals surface area contributed by atoms with E-state index in [-0.39, 0.29) is 31.0 Å². The van der Waals surface area contributed by atoms with Gasteiger partial charge in [0.1, 0.15) is 19.0 Å². The third-order valence-corrected chi connectivity index (χ3v) is 2.89. The van der Waals surface area contributed by atoms with Gasteiger partial charge in [-0.1, -0.05) is 6.07 Å². The highest BCUT2D eigenvalue weighted by molar-refractivity contribution is 5.91. The predicted octanol–water partition coefficient (Wildman–Crippen LogP) is 1.77. The lowest BCUT2D eigenvalue weighted by atomic mass is 10.2. The molecule has 0 aromatic heterocycles. The summed E-state index contributed by atoms with van der Waals surface area (Å²) in [6, 6.07) is 6.98. The van der Waals surface area contributed by atoms with Crippen LogP contribution in [0.4, 0.5) is 10.1 Å². The van der Waals surface area contributed by atoms with Crippen LogP contribution in [0, 0.1) is 0 Å². The van der Waals surface area contributed by atoms with Crippen molar-refractivity contribution >= 4 is 24.0 Å².